The van der Waals surface area contributed by atoms with Crippen LogP contribution in [0.3, 0.4) is 0 Å². The molecule has 2 N–H and O–H groups in total. The summed E-state index contributed by atoms with van der Waals surface area (Å²) in [6.07, 6.45) is 0. The molecule has 6 rings (SSSR count). The summed E-state index contributed by atoms with van der Waals surface area (Å²) in [6.45, 7) is -0.329. The molecular weight excluding hydrogens is 577 g/mol. The van der Waals surface area contributed by atoms with Crippen molar-refractivity contribution in [1.82, 2.24) is 4.98 Å². The molecule has 3 amide bonds. The van der Waals surface area contributed by atoms with Gasteiger partial charge in [-0.05, 0) is 54.6 Å². The molecule has 2 aliphatic heterocycles. The lowest BCUT2D eigenvalue weighted by Gasteiger charge is -2.31. The van der Waals surface area contributed by atoms with Gasteiger partial charge in [-0.2, -0.15) is 0 Å². The number of halogens is 2. The smallest absolute Gasteiger partial charge is 0.305 e. The van der Waals surface area contributed by atoms with E-state index in [0.29, 0.717) is 26.2 Å². The van der Waals surface area contributed by atoms with Gasteiger partial charge in [0.2, 0.25) is 11.8 Å². The van der Waals surface area contributed by atoms with Gasteiger partial charge in [0.1, 0.15) is 16.8 Å². The number of rotatable bonds is 6. The largest absolute Gasteiger partial charge is 0.483 e. The second-order valence-electron chi connectivity index (χ2n) is 9.12. The van der Waals surface area contributed by atoms with Crippen molar-refractivity contribution in [1.29, 1.82) is 0 Å². The van der Waals surface area contributed by atoms with Gasteiger partial charge in [0, 0.05) is 27.1 Å². The fraction of sp³-hybridized carbons (Fsp3) is 0.143. The van der Waals surface area contributed by atoms with Gasteiger partial charge < -0.3 is 15.0 Å². The van der Waals surface area contributed by atoms with Crippen LogP contribution in [0.1, 0.15) is 16.4 Å². The van der Waals surface area contributed by atoms with E-state index in [-0.39, 0.29) is 22.9 Å². The van der Waals surface area contributed by atoms with Gasteiger partial charge in [-0.3, -0.25) is 19.2 Å². The Kier molecular flexibility index (Phi) is 6.95. The molecule has 4 aromatic rings. The molecule has 8 nitrogen and oxygen atoms in total. The van der Waals surface area contributed by atoms with E-state index in [1.807, 2.05) is 6.07 Å². The van der Waals surface area contributed by atoms with Gasteiger partial charge in [-0.1, -0.05) is 52.9 Å². The van der Waals surface area contributed by atoms with Crippen LogP contribution in [0.4, 0.5) is 15.8 Å². The number of carbonyl (C=O) groups is 3. The number of imide groups is 1. The van der Waals surface area contributed by atoms with Crippen LogP contribution in [0.25, 0.3) is 0 Å². The maximum Gasteiger partial charge on any atom is 0.305 e. The molecular formula is C28H19ClFN3O5S2. The Hall–Kier alpha value is -3.93. The molecule has 0 spiro atoms. The summed E-state index contributed by atoms with van der Waals surface area (Å²) >= 11 is 8.45. The number of ether oxygens (including phenoxy) is 1. The standard InChI is InChI=1S/C28H19ClFN3O5S2/c29-14-6-11-19(38-13-20(34)31-16-4-2-1-3-5-16)18(12-14)21-22-24(39-25-23(21)40-28(37)32-25)27(36)33(26(22)35)17-9-7-15(30)8-10-17/h1-12,21-22,24H,13H2,(H,31,34)(H,32,37). The topological polar surface area (TPSA) is 109 Å². The Morgan fingerprint density at radius 1 is 1.02 bits per heavy atom. The first-order valence-electron chi connectivity index (χ1n) is 12.1. The first-order chi connectivity index (χ1) is 19.3. The van der Waals surface area contributed by atoms with E-state index in [1.165, 1.54) is 24.3 Å². The second-order valence-corrected chi connectivity index (χ2v) is 11.7. The van der Waals surface area contributed by atoms with E-state index in [1.54, 1.807) is 42.5 Å². The van der Waals surface area contributed by atoms with Gasteiger partial charge >= 0.3 is 4.87 Å². The fourth-order valence-corrected chi connectivity index (χ4v) is 7.64. The van der Waals surface area contributed by atoms with Gasteiger partial charge in [0.15, 0.2) is 6.61 Å². The maximum atomic E-state index is 13.9. The number of thiazole rings is 1. The van der Waals surface area contributed by atoms with Gasteiger partial charge in [0.05, 0.1) is 16.6 Å². The van der Waals surface area contributed by atoms with Crippen LogP contribution < -0.4 is 19.8 Å². The monoisotopic (exact) mass is 595 g/mol. The minimum atomic E-state index is -0.902. The number of nitrogens with one attached hydrogen (secondary N) is 2. The Morgan fingerprint density at radius 2 is 1.77 bits per heavy atom. The van der Waals surface area contributed by atoms with Crippen molar-refractivity contribution < 1.29 is 23.5 Å². The molecule has 0 saturated carbocycles. The number of hydrogen-bond donors (Lipinski definition) is 2. The van der Waals surface area contributed by atoms with Crippen molar-refractivity contribution >= 4 is 63.8 Å². The first kappa shape index (κ1) is 26.3. The number of carbonyl (C=O) groups excluding carboxylic acids is 3. The summed E-state index contributed by atoms with van der Waals surface area (Å²) < 4.78 is 19.5. The molecule has 0 aliphatic carbocycles. The van der Waals surface area contributed by atoms with Crippen LogP contribution >= 0.6 is 34.7 Å². The minimum Gasteiger partial charge on any atom is -0.483 e. The van der Waals surface area contributed by atoms with Crippen molar-refractivity contribution in [3.63, 3.8) is 0 Å². The zero-order valence-electron chi connectivity index (χ0n) is 20.4. The number of nitrogens with zero attached hydrogens (tertiary/aromatic N) is 1. The zero-order chi connectivity index (χ0) is 28.0. The number of benzene rings is 3. The summed E-state index contributed by atoms with van der Waals surface area (Å²) in [5, 5.41) is 2.73. The highest BCUT2D eigenvalue weighted by molar-refractivity contribution is 8.00. The molecule has 12 heteroatoms. The van der Waals surface area contributed by atoms with E-state index in [0.717, 1.165) is 28.0 Å². The molecule has 1 aromatic heterocycles. The lowest BCUT2D eigenvalue weighted by atomic mass is 9.82. The third kappa shape index (κ3) is 4.80. The van der Waals surface area contributed by atoms with Gasteiger partial charge in [-0.15, -0.1) is 0 Å². The highest BCUT2D eigenvalue weighted by Gasteiger charge is 2.56. The fourth-order valence-electron chi connectivity index (χ4n) is 4.95. The number of fused-ring (bicyclic) bond motifs is 2. The molecule has 3 atom stereocenters. The average molecular weight is 596 g/mol. The highest BCUT2D eigenvalue weighted by atomic mass is 35.5. The van der Waals surface area contributed by atoms with E-state index >= 15 is 0 Å². The number of para-hydroxylation sites is 1. The third-order valence-corrected chi connectivity index (χ3v) is 9.27. The molecule has 202 valence electrons. The van der Waals surface area contributed by atoms with Crippen molar-refractivity contribution in [2.75, 3.05) is 16.8 Å². The predicted molar refractivity (Wildman–Crippen MR) is 151 cm³/mol. The molecule has 0 radical (unpaired) electrons. The normalized spacial score (nSPS) is 19.8. The lowest BCUT2D eigenvalue weighted by Crippen LogP contribution is -2.32. The third-order valence-electron chi connectivity index (χ3n) is 6.63. The number of aromatic nitrogens is 1. The van der Waals surface area contributed by atoms with E-state index in [9.17, 15) is 23.6 Å². The number of hydrogen-bond acceptors (Lipinski definition) is 7. The van der Waals surface area contributed by atoms with Crippen LogP contribution in [0, 0.1) is 11.7 Å². The number of thioether (sulfide) groups is 1. The average Bonchev–Trinajstić information content (AvgIpc) is 3.43. The summed E-state index contributed by atoms with van der Waals surface area (Å²) in [4.78, 5) is 56.5. The van der Waals surface area contributed by atoms with Crippen LogP contribution in [-0.2, 0) is 14.4 Å². The maximum absolute atomic E-state index is 13.9. The predicted octanol–water partition coefficient (Wildman–Crippen LogP) is 5.04. The molecule has 1 fully saturated rings. The Balaban J connectivity index is 1.37. The van der Waals surface area contributed by atoms with E-state index < -0.39 is 40.6 Å². The van der Waals surface area contributed by atoms with E-state index in [4.69, 9.17) is 16.3 Å². The zero-order valence-corrected chi connectivity index (χ0v) is 22.8. The summed E-state index contributed by atoms with van der Waals surface area (Å²) in [5.74, 6) is -3.23. The molecule has 0 bridgehead atoms. The second kappa shape index (κ2) is 10.6. The van der Waals surface area contributed by atoms with Crippen molar-refractivity contribution in [3.8, 4) is 5.75 Å². The van der Waals surface area contributed by atoms with Crippen LogP contribution in [0.5, 0.6) is 5.75 Å². The number of amides is 3. The molecule has 3 aromatic carbocycles. The van der Waals surface area contributed by atoms with Crippen molar-refractivity contribution in [2.45, 2.75) is 16.2 Å². The van der Waals surface area contributed by atoms with Crippen molar-refractivity contribution in [2.24, 2.45) is 5.92 Å². The molecule has 3 heterocycles. The number of aromatic amines is 1. The Morgan fingerprint density at radius 3 is 2.52 bits per heavy atom. The molecule has 40 heavy (non-hydrogen) atoms. The minimum absolute atomic E-state index is 0.252. The van der Waals surface area contributed by atoms with Crippen molar-refractivity contribution in [3.05, 3.63) is 104 Å². The molecule has 2 aliphatic rings. The molecule has 3 unspecified atom stereocenters. The Labute approximate surface area is 240 Å². The number of H-pyrrole nitrogens is 1. The van der Waals surface area contributed by atoms with Gasteiger partial charge in [-0.25, -0.2) is 9.29 Å². The van der Waals surface area contributed by atoms with Crippen LogP contribution in [0.2, 0.25) is 5.02 Å². The Bertz CT molecular complexity index is 1690. The summed E-state index contributed by atoms with van der Waals surface area (Å²) in [7, 11) is 0. The highest BCUT2D eigenvalue weighted by Crippen LogP contribution is 2.54. The summed E-state index contributed by atoms with van der Waals surface area (Å²) in [6, 6.07) is 18.8. The summed E-state index contributed by atoms with van der Waals surface area (Å²) in [5.41, 5.74) is 1.33. The quantitative estimate of drug-likeness (QED) is 0.302. The first-order valence-corrected chi connectivity index (χ1v) is 14.2. The molecule has 1 saturated heterocycles. The van der Waals surface area contributed by atoms with Crippen LogP contribution in [0.15, 0.2) is 82.6 Å². The lowest BCUT2D eigenvalue weighted by molar-refractivity contribution is -0.122. The number of anilines is 2. The SMILES string of the molecule is O=C(COc1ccc(Cl)cc1C1c2sc(=O)[nH]c2SC2C(=O)N(c3ccc(F)cc3)C(=O)C21)Nc1ccccc1. The van der Waals surface area contributed by atoms with Gasteiger partial charge in [0.25, 0.3) is 5.91 Å². The van der Waals surface area contributed by atoms with E-state index in [2.05, 4.69) is 10.3 Å². The van der Waals surface area contributed by atoms with Crippen LogP contribution in [-0.4, -0.2) is 34.6 Å².